The zero-order valence-corrected chi connectivity index (χ0v) is 46.7. The van der Waals surface area contributed by atoms with E-state index in [4.69, 9.17) is 15.2 Å². The number of ether oxygens (including phenoxy) is 2. The summed E-state index contributed by atoms with van der Waals surface area (Å²) in [5.41, 5.74) is 9.73. The van der Waals surface area contributed by atoms with Crippen LogP contribution in [-0.2, 0) is 39.9 Å². The van der Waals surface area contributed by atoms with Crippen molar-refractivity contribution in [1.82, 2.24) is 35.6 Å². The summed E-state index contributed by atoms with van der Waals surface area (Å²) < 4.78 is 11.6. The van der Waals surface area contributed by atoms with Crippen LogP contribution >= 0.6 is 15.9 Å². The molecular weight excluding hydrogens is 1080 g/mol. The first-order chi connectivity index (χ1) is 38.0. The molecule has 8 amide bonds. The number of primary amides is 1. The summed E-state index contributed by atoms with van der Waals surface area (Å²) in [5, 5.41) is 11.7. The minimum Gasteiger partial charge on any atom is -0.409 e. The fourth-order valence-electron chi connectivity index (χ4n) is 10.9. The van der Waals surface area contributed by atoms with Crippen LogP contribution in [0.5, 0.6) is 5.75 Å². The van der Waals surface area contributed by atoms with Crippen LogP contribution in [-0.4, -0.2) is 170 Å². The number of halogens is 1. The Bertz CT molecular complexity index is 2990. The topological polar surface area (TPSA) is 266 Å². The number of amides is 8. The highest BCUT2D eigenvalue weighted by atomic mass is 79.9. The monoisotopic (exact) mass is 1150 g/mol. The number of nitrogens with zero attached hydrogens (tertiary/aromatic N) is 5. The lowest BCUT2D eigenvalue weighted by molar-refractivity contribution is -0.137. The van der Waals surface area contributed by atoms with Gasteiger partial charge in [0.15, 0.2) is 5.78 Å². The van der Waals surface area contributed by atoms with Crippen molar-refractivity contribution in [3.05, 3.63) is 77.5 Å². The summed E-state index contributed by atoms with van der Waals surface area (Å²) in [4.78, 5) is 128. The van der Waals surface area contributed by atoms with Gasteiger partial charge in [-0.2, -0.15) is 0 Å². The second-order valence-electron chi connectivity index (χ2n) is 21.0. The Morgan fingerprint density at radius 1 is 0.810 bits per heavy atom. The molecule has 0 saturated carbocycles. The molecule has 3 atom stereocenters. The number of aromatic nitrogens is 1. The molecule has 0 radical (unpaired) electrons. The van der Waals surface area contributed by atoms with Gasteiger partial charge in [-0.3, -0.25) is 38.5 Å². The number of nitrogens with one attached hydrogen (secondary N) is 4. The minimum absolute atomic E-state index is 0.0104. The molecule has 6 N–H and O–H groups in total. The molecule has 1 aromatic heterocycles. The number of carbonyl (C=O) groups excluding carboxylic acids is 9. The summed E-state index contributed by atoms with van der Waals surface area (Å²) in [6.07, 6.45) is 3.99. The maximum absolute atomic E-state index is 14.8. The second kappa shape index (κ2) is 26.8. The maximum atomic E-state index is 14.8. The predicted octanol–water partition coefficient (Wildman–Crippen LogP) is 4.92. The number of rotatable bonds is 26. The van der Waals surface area contributed by atoms with Crippen LogP contribution in [0.15, 0.2) is 60.7 Å². The van der Waals surface area contributed by atoms with E-state index in [2.05, 4.69) is 41.8 Å². The average molecular weight is 1150 g/mol. The maximum Gasteiger partial charge on any atom is 0.415 e. The molecule has 1 saturated heterocycles. The number of Topliss-reactive ketones (excluding diaryl/α,β-unsaturated/α-hetero) is 2. The molecule has 4 aromatic rings. The van der Waals surface area contributed by atoms with Crippen LogP contribution in [0.1, 0.15) is 86.3 Å². The van der Waals surface area contributed by atoms with Gasteiger partial charge in [0.05, 0.1) is 24.9 Å². The smallest absolute Gasteiger partial charge is 0.409 e. The number of alkyl halides is 1. The fourth-order valence-corrected chi connectivity index (χ4v) is 11.4. The van der Waals surface area contributed by atoms with Gasteiger partial charge in [-0.05, 0) is 79.9 Å². The number of aromatic amines is 1. The summed E-state index contributed by atoms with van der Waals surface area (Å²) in [6.45, 7) is 8.40. The number of nitrogens with two attached hydrogens (primary N) is 1. The zero-order chi connectivity index (χ0) is 56.3. The van der Waals surface area contributed by atoms with E-state index in [-0.39, 0.29) is 99.7 Å². The van der Waals surface area contributed by atoms with Gasteiger partial charge in [0, 0.05) is 142 Å². The number of anilines is 2. The van der Waals surface area contributed by atoms with Crippen LogP contribution in [0.25, 0.3) is 21.7 Å². The number of fused-ring (bicyclic) bond motifs is 6. The van der Waals surface area contributed by atoms with Gasteiger partial charge in [-0.15, -0.1) is 0 Å². The lowest BCUT2D eigenvalue weighted by atomic mass is 9.89. The Kier molecular flexibility index (Phi) is 19.7. The van der Waals surface area contributed by atoms with E-state index >= 15 is 0 Å². The molecule has 79 heavy (non-hydrogen) atoms. The third-order valence-corrected chi connectivity index (χ3v) is 16.0. The van der Waals surface area contributed by atoms with Gasteiger partial charge in [0.1, 0.15) is 17.2 Å². The third kappa shape index (κ3) is 14.1. The standard InChI is InChI=1S/C57H71BrN10O11/c1-35(2)53(61-19-7-9-38(69)18-28-78-29-21-60-49(71)17-23-67-50(72)14-15-51(67)73)47(70)30-36(8-6-20-62-56(59)76)54(74)66-22-16-39-42-31-44(63-43(42)12-13-45(39)66)55(75)68-34-37(33-58)52-41-11-5-4-10-40(41)48(32-46(52)68)79-57(77)65-26-24-64(3)25-27-65/h4-5,10-15,31-32,35-37,53,61,63H,6-9,16-30,33-34H2,1-3H3,(H,60,71)(H3,59,62,76)/t36-,37-,53+/m1/s1. The largest absolute Gasteiger partial charge is 0.415 e. The average Bonchev–Trinajstić information content (AvgIpc) is 4.43. The molecule has 21 nitrogen and oxygen atoms in total. The number of urea groups is 1. The van der Waals surface area contributed by atoms with Crippen LogP contribution in [0.3, 0.4) is 0 Å². The molecule has 4 aliphatic rings. The van der Waals surface area contributed by atoms with Gasteiger partial charge in [0.2, 0.25) is 11.8 Å². The normalized spacial score (nSPS) is 16.9. The number of hydrogen-bond donors (Lipinski definition) is 5. The number of hydrogen-bond acceptors (Lipinski definition) is 13. The van der Waals surface area contributed by atoms with Crippen LogP contribution in [0, 0.1) is 11.8 Å². The lowest BCUT2D eigenvalue weighted by Gasteiger charge is -2.31. The molecule has 0 bridgehead atoms. The molecule has 0 spiro atoms. The number of likely N-dealkylation sites (N-methyl/N-ethyl adjacent to an activating group) is 1. The number of ketones is 2. The highest BCUT2D eigenvalue weighted by Crippen LogP contribution is 2.47. The van der Waals surface area contributed by atoms with Crippen molar-refractivity contribution in [2.45, 2.75) is 77.2 Å². The van der Waals surface area contributed by atoms with E-state index in [1.807, 2.05) is 69.4 Å². The van der Waals surface area contributed by atoms with Crippen molar-refractivity contribution in [3.8, 4) is 5.75 Å². The van der Waals surface area contributed by atoms with Crippen molar-refractivity contribution in [3.63, 3.8) is 0 Å². The van der Waals surface area contributed by atoms with Gasteiger partial charge in [0.25, 0.3) is 17.7 Å². The molecular formula is C57H71BrN10O11. The van der Waals surface area contributed by atoms with E-state index in [9.17, 15) is 43.2 Å². The molecule has 422 valence electrons. The summed E-state index contributed by atoms with van der Waals surface area (Å²) in [7, 11) is 2.02. The van der Waals surface area contributed by atoms with Gasteiger partial charge >= 0.3 is 12.1 Å². The highest BCUT2D eigenvalue weighted by Gasteiger charge is 2.38. The van der Waals surface area contributed by atoms with Gasteiger partial charge < -0.3 is 55.7 Å². The summed E-state index contributed by atoms with van der Waals surface area (Å²) >= 11 is 3.71. The Morgan fingerprint density at radius 3 is 2.28 bits per heavy atom. The Balaban J connectivity index is 0.877. The first kappa shape index (κ1) is 58.1. The van der Waals surface area contributed by atoms with Crippen molar-refractivity contribution in [2.24, 2.45) is 17.6 Å². The number of piperazine rings is 1. The van der Waals surface area contributed by atoms with E-state index in [1.54, 1.807) is 14.7 Å². The summed E-state index contributed by atoms with van der Waals surface area (Å²) in [6, 6.07) is 13.9. The van der Waals surface area contributed by atoms with Crippen molar-refractivity contribution in [2.75, 3.05) is 101 Å². The van der Waals surface area contributed by atoms with E-state index < -0.39 is 35.9 Å². The first-order valence-electron chi connectivity index (χ1n) is 27.3. The molecule has 5 heterocycles. The van der Waals surface area contributed by atoms with Crippen molar-refractivity contribution >= 4 is 102 Å². The molecule has 0 aliphatic carbocycles. The molecule has 3 aromatic carbocycles. The van der Waals surface area contributed by atoms with Gasteiger partial charge in [-0.25, -0.2) is 9.59 Å². The second-order valence-corrected chi connectivity index (χ2v) is 21.6. The van der Waals surface area contributed by atoms with E-state index in [1.165, 1.54) is 12.2 Å². The Labute approximate surface area is 467 Å². The number of benzene rings is 3. The quantitative estimate of drug-likeness (QED) is 0.0318. The van der Waals surface area contributed by atoms with E-state index in [0.29, 0.717) is 86.6 Å². The summed E-state index contributed by atoms with van der Waals surface area (Å²) in [5.74, 6) is -2.32. The lowest BCUT2D eigenvalue weighted by Crippen LogP contribution is -2.48. The molecule has 4 aliphatic heterocycles. The minimum atomic E-state index is -0.714. The van der Waals surface area contributed by atoms with Crippen LogP contribution in [0.2, 0.25) is 0 Å². The molecule has 0 unspecified atom stereocenters. The number of H-pyrrole nitrogens is 1. The van der Waals surface area contributed by atoms with E-state index in [0.717, 1.165) is 50.8 Å². The van der Waals surface area contributed by atoms with Crippen molar-refractivity contribution < 1.29 is 52.6 Å². The van der Waals surface area contributed by atoms with Gasteiger partial charge in [-0.1, -0.05) is 54.0 Å². The Morgan fingerprint density at radius 2 is 1.56 bits per heavy atom. The molecule has 1 fully saturated rings. The first-order valence-corrected chi connectivity index (χ1v) is 28.4. The fraction of sp³-hybridized carbons (Fsp3) is 0.491. The van der Waals surface area contributed by atoms with Crippen LogP contribution in [0.4, 0.5) is 21.0 Å². The van der Waals surface area contributed by atoms with Crippen LogP contribution < -0.4 is 36.2 Å². The highest BCUT2D eigenvalue weighted by molar-refractivity contribution is 9.09. The zero-order valence-electron chi connectivity index (χ0n) is 45.1. The molecule has 8 rings (SSSR count). The van der Waals surface area contributed by atoms with Crippen molar-refractivity contribution in [1.29, 1.82) is 0 Å². The number of imide groups is 1. The Hall–Kier alpha value is -7.01. The third-order valence-electron chi connectivity index (χ3n) is 15.2. The predicted molar refractivity (Wildman–Crippen MR) is 301 cm³/mol. The SMILES string of the molecule is CC(C)[C@H](NCCCC(=O)CCOCCNC(=O)CCN1C(=O)C=CC1=O)C(=O)C[C@@H](CCCNC(N)=O)C(=O)N1CCc2c1ccc1[nH]c(C(=O)N3C[C@@H](CBr)c4c3cc(OC(=O)N3CCN(C)CC3)c3ccccc43)cc21. The number of carbonyl (C=O) groups is 9. The molecule has 22 heteroatoms.